The average molecular weight is 437 g/mol. The Kier molecular flexibility index (Phi) is 3.27. The first-order valence-electron chi connectivity index (χ1n) is 10.8. The van der Waals surface area contributed by atoms with Crippen LogP contribution >= 0.6 is 11.8 Å². The van der Waals surface area contributed by atoms with Crippen molar-refractivity contribution in [2.75, 3.05) is 0 Å². The standard InChI is InChI=1S/C27H22NOSSi/c1-15-22-20(14-17-10-12-29-25(15)17)30-26-23-16(9-11-28(2)24(22)23)13-19-18-7-5-6-8-21(18)31(3,4)27(19)26/h5-14H,1-4H3/q+1. The largest absolute Gasteiger partial charge is 0.464 e. The fourth-order valence-corrected chi connectivity index (χ4v) is 11.3. The minimum atomic E-state index is -1.79. The summed E-state index contributed by atoms with van der Waals surface area (Å²) < 4.78 is 8.18. The third-order valence-electron chi connectivity index (χ3n) is 7.29. The molecule has 31 heavy (non-hydrogen) atoms. The van der Waals surface area contributed by atoms with E-state index in [0.29, 0.717) is 0 Å². The number of benzene rings is 3. The molecule has 4 heterocycles. The molecule has 4 heteroatoms. The first kappa shape index (κ1) is 17.8. The van der Waals surface area contributed by atoms with Gasteiger partial charge in [0.25, 0.3) is 0 Å². The van der Waals surface area contributed by atoms with Crippen molar-refractivity contribution in [3.8, 4) is 22.4 Å². The number of hydrogen-bond donors (Lipinski definition) is 0. The van der Waals surface area contributed by atoms with Crippen LogP contribution in [0.5, 0.6) is 0 Å². The zero-order valence-electron chi connectivity index (χ0n) is 18.0. The third kappa shape index (κ3) is 2.07. The van der Waals surface area contributed by atoms with Crippen LogP contribution in [-0.2, 0) is 7.05 Å². The van der Waals surface area contributed by atoms with Crippen molar-refractivity contribution in [2.24, 2.45) is 7.05 Å². The van der Waals surface area contributed by atoms with E-state index in [-0.39, 0.29) is 0 Å². The molecule has 0 aliphatic carbocycles. The highest BCUT2D eigenvalue weighted by Gasteiger charge is 2.42. The Morgan fingerprint density at radius 3 is 2.68 bits per heavy atom. The highest BCUT2D eigenvalue weighted by Crippen LogP contribution is 2.51. The second-order valence-corrected chi connectivity index (χ2v) is 14.7. The summed E-state index contributed by atoms with van der Waals surface area (Å²) in [4.78, 5) is 2.82. The third-order valence-corrected chi connectivity index (χ3v) is 12.2. The lowest BCUT2D eigenvalue weighted by molar-refractivity contribution is -0.659. The van der Waals surface area contributed by atoms with Crippen molar-refractivity contribution in [1.82, 2.24) is 0 Å². The maximum absolute atomic E-state index is 5.88. The van der Waals surface area contributed by atoms with Gasteiger partial charge < -0.3 is 4.42 Å². The van der Waals surface area contributed by atoms with Crippen molar-refractivity contribution in [3.63, 3.8) is 0 Å². The molecule has 0 saturated carbocycles. The van der Waals surface area contributed by atoms with Gasteiger partial charge >= 0.3 is 0 Å². The van der Waals surface area contributed by atoms with Crippen LogP contribution in [-0.4, -0.2) is 8.07 Å². The maximum Gasteiger partial charge on any atom is 0.222 e. The summed E-state index contributed by atoms with van der Waals surface area (Å²) in [6.07, 6.45) is 4.02. The summed E-state index contributed by atoms with van der Waals surface area (Å²) in [5.74, 6) is 0. The number of fused-ring (bicyclic) bond motifs is 7. The summed E-state index contributed by atoms with van der Waals surface area (Å²) in [6.45, 7) is 7.24. The quantitative estimate of drug-likeness (QED) is 0.226. The number of rotatable bonds is 0. The summed E-state index contributed by atoms with van der Waals surface area (Å²) in [6, 6.07) is 18.2. The molecule has 5 aromatic rings. The summed E-state index contributed by atoms with van der Waals surface area (Å²) in [5, 5.41) is 7.10. The summed E-state index contributed by atoms with van der Waals surface area (Å²) in [7, 11) is 0.381. The topological polar surface area (TPSA) is 17.0 Å². The van der Waals surface area contributed by atoms with Gasteiger partial charge in [0, 0.05) is 26.8 Å². The minimum absolute atomic E-state index is 1.00. The van der Waals surface area contributed by atoms with Crippen LogP contribution in [0.25, 0.3) is 44.1 Å². The van der Waals surface area contributed by atoms with E-state index in [2.05, 4.69) is 86.4 Å². The van der Waals surface area contributed by atoms with E-state index in [1.165, 1.54) is 53.9 Å². The van der Waals surface area contributed by atoms with E-state index < -0.39 is 8.07 Å². The van der Waals surface area contributed by atoms with Crippen LogP contribution in [0.15, 0.2) is 75.2 Å². The molecular weight excluding hydrogens is 414 g/mol. The predicted molar refractivity (Wildman–Crippen MR) is 131 cm³/mol. The molecule has 7 rings (SSSR count). The van der Waals surface area contributed by atoms with Crippen LogP contribution < -0.4 is 14.9 Å². The van der Waals surface area contributed by atoms with Gasteiger partial charge in [-0.3, -0.25) is 0 Å². The smallest absolute Gasteiger partial charge is 0.222 e. The van der Waals surface area contributed by atoms with Crippen LogP contribution in [0, 0.1) is 6.92 Å². The lowest BCUT2D eigenvalue weighted by Gasteiger charge is -2.26. The predicted octanol–water partition coefficient (Wildman–Crippen LogP) is 5.65. The molecule has 2 aliphatic heterocycles. The zero-order chi connectivity index (χ0) is 21.1. The van der Waals surface area contributed by atoms with Crippen LogP contribution in [0.3, 0.4) is 0 Å². The number of pyridine rings is 1. The molecule has 0 radical (unpaired) electrons. The molecule has 0 saturated heterocycles. The van der Waals surface area contributed by atoms with E-state index in [1.54, 1.807) is 10.4 Å². The highest BCUT2D eigenvalue weighted by molar-refractivity contribution is 8.00. The molecule has 0 spiro atoms. The molecule has 2 aromatic heterocycles. The Hall–Kier alpha value is -2.82. The van der Waals surface area contributed by atoms with Crippen molar-refractivity contribution >= 4 is 52.0 Å². The Morgan fingerprint density at radius 1 is 0.968 bits per heavy atom. The molecule has 2 nitrogen and oxygen atoms in total. The lowest BCUT2D eigenvalue weighted by atomic mass is 9.95. The molecule has 3 aromatic carbocycles. The molecule has 0 amide bonds. The second-order valence-electron chi connectivity index (χ2n) is 9.35. The van der Waals surface area contributed by atoms with Crippen molar-refractivity contribution in [3.05, 3.63) is 66.6 Å². The molecule has 0 N–H and O–H groups in total. The molecule has 150 valence electrons. The van der Waals surface area contributed by atoms with Gasteiger partial charge in [0.1, 0.15) is 20.7 Å². The second kappa shape index (κ2) is 5.70. The molecule has 0 bridgehead atoms. The maximum atomic E-state index is 5.88. The van der Waals surface area contributed by atoms with Crippen LogP contribution in [0.4, 0.5) is 0 Å². The summed E-state index contributed by atoms with van der Waals surface area (Å²) >= 11 is 1.97. The van der Waals surface area contributed by atoms with Gasteiger partial charge in [0.2, 0.25) is 5.69 Å². The molecular formula is C27H22NOSSi+. The van der Waals surface area contributed by atoms with Crippen molar-refractivity contribution in [1.29, 1.82) is 0 Å². The van der Waals surface area contributed by atoms with Gasteiger partial charge in [-0.1, -0.05) is 49.1 Å². The highest BCUT2D eigenvalue weighted by atomic mass is 32.2. The number of aryl methyl sites for hydroxylation is 2. The summed E-state index contributed by atoms with van der Waals surface area (Å²) in [5.41, 5.74) is 7.77. The monoisotopic (exact) mass is 436 g/mol. The fourth-order valence-electron chi connectivity index (χ4n) is 5.87. The molecule has 0 unspecified atom stereocenters. The van der Waals surface area contributed by atoms with Crippen LogP contribution in [0.2, 0.25) is 13.1 Å². The number of nitrogens with zero attached hydrogens (tertiary/aromatic N) is 1. The first-order chi connectivity index (χ1) is 15.0. The number of furan rings is 1. The Morgan fingerprint density at radius 2 is 1.81 bits per heavy atom. The SMILES string of the molecule is Cc1c2c(cc3ccoc13)Sc1c3c(cc4cc[n+](C)c-2c14)-c1ccccc1[Si]3(C)C. The van der Waals surface area contributed by atoms with Gasteiger partial charge in [0.05, 0.1) is 17.2 Å². The van der Waals surface area contributed by atoms with E-state index >= 15 is 0 Å². The number of aromatic nitrogens is 1. The van der Waals surface area contributed by atoms with Gasteiger partial charge in [-0.15, -0.1) is 0 Å². The van der Waals surface area contributed by atoms with Crippen LogP contribution in [0.1, 0.15) is 5.56 Å². The Bertz CT molecular complexity index is 1610. The van der Waals surface area contributed by atoms with Crippen molar-refractivity contribution in [2.45, 2.75) is 29.8 Å². The van der Waals surface area contributed by atoms with E-state index in [9.17, 15) is 0 Å². The Labute approximate surface area is 186 Å². The molecule has 0 fully saturated rings. The minimum Gasteiger partial charge on any atom is -0.464 e. The van der Waals surface area contributed by atoms with Gasteiger partial charge in [-0.25, -0.2) is 4.57 Å². The van der Waals surface area contributed by atoms with E-state index in [0.717, 1.165) is 5.58 Å². The molecule has 2 aliphatic rings. The van der Waals surface area contributed by atoms with Crippen molar-refractivity contribution < 1.29 is 8.98 Å². The molecule has 0 atom stereocenters. The average Bonchev–Trinajstić information content (AvgIpc) is 3.31. The van der Waals surface area contributed by atoms with E-state index in [1.807, 2.05) is 18.0 Å². The zero-order valence-corrected chi connectivity index (χ0v) is 19.9. The van der Waals surface area contributed by atoms with Gasteiger partial charge in [-0.05, 0) is 52.0 Å². The van der Waals surface area contributed by atoms with E-state index in [4.69, 9.17) is 4.42 Å². The Balaban J connectivity index is 1.69. The normalized spacial score (nSPS) is 15.2. The number of hydrogen-bond acceptors (Lipinski definition) is 2. The lowest BCUT2D eigenvalue weighted by Crippen LogP contribution is -2.50. The van der Waals surface area contributed by atoms with Gasteiger partial charge in [-0.2, -0.15) is 0 Å². The first-order valence-corrected chi connectivity index (χ1v) is 14.6. The fraction of sp³-hybridized carbons (Fsp3) is 0.148. The van der Waals surface area contributed by atoms with Gasteiger partial charge in [0.15, 0.2) is 6.20 Å².